The Morgan fingerprint density at radius 1 is 1.00 bits per heavy atom. The number of pyridine rings is 1. The van der Waals surface area contributed by atoms with Crippen LogP contribution in [0.25, 0.3) is 10.9 Å². The second-order valence-corrected chi connectivity index (χ2v) is 16.8. The molecule has 0 aliphatic carbocycles. The fraction of sp³-hybridized carbons (Fsp3) is 0.343. The Labute approximate surface area is 239 Å². The van der Waals surface area contributed by atoms with Gasteiger partial charge in [-0.05, 0) is 76.5 Å². The van der Waals surface area contributed by atoms with Crippen molar-refractivity contribution in [3.63, 3.8) is 0 Å². The molecule has 1 aromatic heterocycles. The lowest BCUT2D eigenvalue weighted by Gasteiger charge is -2.54. The second kappa shape index (κ2) is 10.6. The van der Waals surface area contributed by atoms with E-state index in [1.54, 1.807) is 6.07 Å². The lowest BCUT2D eigenvalue weighted by Crippen LogP contribution is -2.68. The lowest BCUT2D eigenvalue weighted by molar-refractivity contribution is -0.0387. The van der Waals surface area contributed by atoms with Gasteiger partial charge in [0.2, 0.25) is 0 Å². The molecular formula is C35H40N2O2Si. The zero-order valence-electron chi connectivity index (χ0n) is 23.8. The first-order valence-electron chi connectivity index (χ1n) is 14.5. The van der Waals surface area contributed by atoms with Crippen molar-refractivity contribution in [3.05, 3.63) is 109 Å². The van der Waals surface area contributed by atoms with Gasteiger partial charge in [-0.25, -0.2) is 0 Å². The Morgan fingerprint density at radius 2 is 1.68 bits per heavy atom. The third kappa shape index (κ3) is 4.60. The fourth-order valence-corrected chi connectivity index (χ4v) is 12.0. The molecule has 0 radical (unpaired) electrons. The quantitative estimate of drug-likeness (QED) is 0.213. The maximum absolute atomic E-state index is 10.6. The maximum atomic E-state index is 10.6. The number of phenolic OH excluding ortho intramolecular Hbond substituents is 1. The summed E-state index contributed by atoms with van der Waals surface area (Å²) in [5, 5.41) is 13.9. The molecule has 206 valence electrons. The molecule has 4 heterocycles. The van der Waals surface area contributed by atoms with Gasteiger partial charge in [0, 0.05) is 24.2 Å². The minimum atomic E-state index is -2.86. The summed E-state index contributed by atoms with van der Waals surface area (Å²) in [6.07, 6.45) is 6.15. The Bertz CT molecular complexity index is 1440. The van der Waals surface area contributed by atoms with E-state index in [2.05, 4.69) is 110 Å². The number of phenols is 1. The van der Waals surface area contributed by atoms with E-state index < -0.39 is 8.32 Å². The Morgan fingerprint density at radius 3 is 2.25 bits per heavy atom. The number of benzene rings is 3. The Hall–Kier alpha value is -3.25. The van der Waals surface area contributed by atoms with Crippen molar-refractivity contribution >= 4 is 29.6 Å². The Balaban J connectivity index is 1.59. The predicted octanol–water partition coefficient (Wildman–Crippen LogP) is 6.45. The summed E-state index contributed by atoms with van der Waals surface area (Å²) in [6, 6.07) is 29.7. The maximum Gasteiger partial charge on any atom is 0.261 e. The molecule has 3 aliphatic heterocycles. The fourth-order valence-electron chi connectivity index (χ4n) is 7.33. The molecule has 7 rings (SSSR count). The van der Waals surface area contributed by atoms with Crippen molar-refractivity contribution in [2.45, 2.75) is 50.8 Å². The second-order valence-electron chi connectivity index (χ2n) is 12.5. The topological polar surface area (TPSA) is 45.6 Å². The van der Waals surface area contributed by atoms with Crippen molar-refractivity contribution in [3.8, 4) is 5.75 Å². The van der Waals surface area contributed by atoms with E-state index in [1.165, 1.54) is 16.8 Å². The van der Waals surface area contributed by atoms with Gasteiger partial charge >= 0.3 is 0 Å². The van der Waals surface area contributed by atoms with Gasteiger partial charge in [-0.2, -0.15) is 0 Å². The third-order valence-corrected chi connectivity index (χ3v) is 14.3. The van der Waals surface area contributed by atoms with Crippen LogP contribution in [0.4, 0.5) is 0 Å². The van der Waals surface area contributed by atoms with Gasteiger partial charge in [-0.1, -0.05) is 87.5 Å². The van der Waals surface area contributed by atoms with Crippen LogP contribution in [-0.2, 0) is 4.43 Å². The number of rotatable bonds is 7. The number of aromatic hydroxyl groups is 1. The number of aromatic nitrogens is 1. The normalized spacial score (nSPS) is 23.7. The van der Waals surface area contributed by atoms with Crippen molar-refractivity contribution in [1.82, 2.24) is 9.88 Å². The third-order valence-electron chi connectivity index (χ3n) is 9.29. The molecule has 40 heavy (non-hydrogen) atoms. The van der Waals surface area contributed by atoms with Crippen LogP contribution < -0.4 is 10.4 Å². The van der Waals surface area contributed by atoms with Crippen molar-refractivity contribution < 1.29 is 9.53 Å². The molecule has 5 heteroatoms. The van der Waals surface area contributed by atoms with Gasteiger partial charge in [0.25, 0.3) is 8.32 Å². The van der Waals surface area contributed by atoms with E-state index in [1.807, 2.05) is 18.3 Å². The Kier molecular flexibility index (Phi) is 7.15. The predicted molar refractivity (Wildman–Crippen MR) is 167 cm³/mol. The smallest absolute Gasteiger partial charge is 0.261 e. The van der Waals surface area contributed by atoms with Crippen LogP contribution >= 0.6 is 0 Å². The molecule has 3 unspecified atom stereocenters. The molecule has 4 aromatic rings. The van der Waals surface area contributed by atoms with E-state index in [0.717, 1.165) is 36.0 Å². The van der Waals surface area contributed by atoms with Gasteiger partial charge in [0.1, 0.15) is 5.75 Å². The first-order valence-corrected chi connectivity index (χ1v) is 16.5. The van der Waals surface area contributed by atoms with E-state index in [-0.39, 0.29) is 22.9 Å². The summed E-state index contributed by atoms with van der Waals surface area (Å²) in [5.74, 6) is 1.39. The average molecular weight is 549 g/mol. The van der Waals surface area contributed by atoms with Crippen molar-refractivity contribution in [2.24, 2.45) is 11.8 Å². The zero-order valence-corrected chi connectivity index (χ0v) is 24.8. The summed E-state index contributed by atoms with van der Waals surface area (Å²) >= 11 is 0. The molecule has 0 amide bonds. The first kappa shape index (κ1) is 26.9. The molecule has 0 spiro atoms. The number of nitrogens with zero attached hydrogens (tertiary/aromatic N) is 2. The van der Waals surface area contributed by atoms with E-state index in [0.29, 0.717) is 11.8 Å². The molecule has 5 atom stereocenters. The molecular weight excluding hydrogens is 508 g/mol. The molecule has 3 aliphatic rings. The van der Waals surface area contributed by atoms with E-state index in [9.17, 15) is 5.11 Å². The summed E-state index contributed by atoms with van der Waals surface area (Å²) < 4.78 is 7.93. The van der Waals surface area contributed by atoms with Gasteiger partial charge < -0.3 is 9.53 Å². The summed E-state index contributed by atoms with van der Waals surface area (Å²) in [4.78, 5) is 7.31. The standard InChI is InChI=1S/C35H40N2O2Si/c1-5-25-24-37-21-19-26(25)22-33(37)34(30-18-20-36-32-17-16-27(38)23-31(30)32)39-40(35(2,3)4,28-12-8-6-9-13-28)29-14-10-7-11-15-29/h5-18,20,23,25-26,33-34,38H,1,19,21-22,24H2,2-4H3/t25?,26?,33-,34+/m0/s1. The van der Waals surface area contributed by atoms with Crippen LogP contribution in [0.15, 0.2) is 104 Å². The highest BCUT2D eigenvalue weighted by atomic mass is 28.4. The summed E-state index contributed by atoms with van der Waals surface area (Å²) in [5.41, 5.74) is 1.99. The van der Waals surface area contributed by atoms with Crippen molar-refractivity contribution in [2.75, 3.05) is 13.1 Å². The van der Waals surface area contributed by atoms with E-state index >= 15 is 0 Å². The molecule has 0 saturated carbocycles. The number of piperidine rings is 3. The van der Waals surface area contributed by atoms with E-state index in [4.69, 9.17) is 4.43 Å². The van der Waals surface area contributed by atoms with Crippen LogP contribution in [0.3, 0.4) is 0 Å². The van der Waals surface area contributed by atoms with Crippen LogP contribution in [0.2, 0.25) is 5.04 Å². The highest BCUT2D eigenvalue weighted by Gasteiger charge is 2.54. The molecule has 3 saturated heterocycles. The largest absolute Gasteiger partial charge is 0.508 e. The van der Waals surface area contributed by atoms with Crippen LogP contribution in [0, 0.1) is 11.8 Å². The lowest BCUT2D eigenvalue weighted by atomic mass is 9.73. The van der Waals surface area contributed by atoms with Crippen LogP contribution in [-0.4, -0.2) is 42.4 Å². The minimum absolute atomic E-state index is 0.147. The molecule has 3 aromatic carbocycles. The number of fused-ring (bicyclic) bond motifs is 4. The monoisotopic (exact) mass is 548 g/mol. The highest BCUT2D eigenvalue weighted by Crippen LogP contribution is 2.47. The summed E-state index contributed by atoms with van der Waals surface area (Å²) in [6.45, 7) is 13.3. The molecule has 1 N–H and O–H groups in total. The van der Waals surface area contributed by atoms with Crippen molar-refractivity contribution in [1.29, 1.82) is 0 Å². The molecule has 3 fully saturated rings. The average Bonchev–Trinajstić information content (AvgIpc) is 2.98. The van der Waals surface area contributed by atoms with Gasteiger partial charge in [-0.3, -0.25) is 9.88 Å². The van der Waals surface area contributed by atoms with Crippen LogP contribution in [0.1, 0.15) is 45.3 Å². The zero-order chi connectivity index (χ0) is 27.9. The first-order chi connectivity index (χ1) is 19.3. The summed E-state index contributed by atoms with van der Waals surface area (Å²) in [7, 11) is -2.86. The SMILES string of the molecule is C=CC1CN2CCC1C[C@H]2[C@H](O[Si](c1ccccc1)(c1ccccc1)C(C)(C)C)c1ccnc2ccc(O)cc12. The van der Waals surface area contributed by atoms with Gasteiger partial charge in [0.05, 0.1) is 11.6 Å². The molecule has 4 nitrogen and oxygen atoms in total. The molecule has 2 bridgehead atoms. The number of hydrogen-bond donors (Lipinski definition) is 1. The van der Waals surface area contributed by atoms with Gasteiger partial charge in [-0.15, -0.1) is 6.58 Å². The van der Waals surface area contributed by atoms with Gasteiger partial charge in [0.15, 0.2) is 0 Å². The van der Waals surface area contributed by atoms with Crippen LogP contribution in [0.5, 0.6) is 5.75 Å². The minimum Gasteiger partial charge on any atom is -0.508 e. The number of hydrogen-bond acceptors (Lipinski definition) is 4. The highest BCUT2D eigenvalue weighted by molar-refractivity contribution is 6.99.